The number of carbonyl (C=O) groups excluding carboxylic acids is 1. The highest BCUT2D eigenvalue weighted by atomic mass is 79.9. The summed E-state index contributed by atoms with van der Waals surface area (Å²) in [5.74, 6) is 1.17. The van der Waals surface area contributed by atoms with Crippen molar-refractivity contribution in [3.8, 4) is 6.07 Å². The van der Waals surface area contributed by atoms with Crippen LogP contribution in [0.4, 0.5) is 5.69 Å². The number of hydrogen-bond donors (Lipinski definition) is 1. The Hall–Kier alpha value is -1.84. The molecule has 0 aliphatic heterocycles. The highest BCUT2D eigenvalue weighted by molar-refractivity contribution is 9.10. The number of fused-ring (bicyclic) bond motifs is 1. The topological polar surface area (TPSA) is 65.8 Å². The van der Waals surface area contributed by atoms with Gasteiger partial charge in [-0.05, 0) is 66.5 Å². The molecule has 1 atom stereocenters. The van der Waals surface area contributed by atoms with Crippen LogP contribution in [-0.2, 0) is 17.6 Å². The van der Waals surface area contributed by atoms with Gasteiger partial charge >= 0.3 is 0 Å². The number of halogens is 1. The first-order valence-corrected chi connectivity index (χ1v) is 11.6. The molecule has 0 spiro atoms. The summed E-state index contributed by atoms with van der Waals surface area (Å²) in [5, 5.41) is 13.2. The van der Waals surface area contributed by atoms with Crippen LogP contribution < -0.4 is 5.32 Å². The van der Waals surface area contributed by atoms with E-state index in [1.807, 2.05) is 30.3 Å². The summed E-state index contributed by atoms with van der Waals surface area (Å²) in [4.78, 5) is 17.0. The van der Waals surface area contributed by atoms with Gasteiger partial charge in [-0.3, -0.25) is 4.79 Å². The molecule has 1 N–H and O–H groups in total. The number of anilines is 1. The van der Waals surface area contributed by atoms with Gasteiger partial charge in [0.2, 0.25) is 5.91 Å². The van der Waals surface area contributed by atoms with Crippen molar-refractivity contribution >= 4 is 39.3 Å². The van der Waals surface area contributed by atoms with Gasteiger partial charge in [0, 0.05) is 28.0 Å². The van der Waals surface area contributed by atoms with Gasteiger partial charge in [-0.1, -0.05) is 36.7 Å². The minimum atomic E-state index is -0.0377. The molecule has 0 radical (unpaired) electrons. The van der Waals surface area contributed by atoms with Gasteiger partial charge in [0.05, 0.1) is 5.56 Å². The molecule has 0 fully saturated rings. The van der Waals surface area contributed by atoms with Gasteiger partial charge in [0.15, 0.2) is 0 Å². The minimum Gasteiger partial charge on any atom is -0.326 e. The second-order valence-electron chi connectivity index (χ2n) is 8.52. The summed E-state index contributed by atoms with van der Waals surface area (Å²) in [6.07, 6.45) is 3.45. The molecule has 2 aromatic rings. The summed E-state index contributed by atoms with van der Waals surface area (Å²) in [5.41, 5.74) is 3.99. The van der Waals surface area contributed by atoms with E-state index in [4.69, 9.17) is 4.98 Å². The molecule has 1 aliphatic carbocycles. The van der Waals surface area contributed by atoms with Gasteiger partial charge in [-0.2, -0.15) is 5.26 Å². The highest BCUT2D eigenvalue weighted by Gasteiger charge is 2.30. The maximum absolute atomic E-state index is 12.2. The molecule has 1 amide bonds. The lowest BCUT2D eigenvalue weighted by molar-refractivity contribution is -0.115. The van der Waals surface area contributed by atoms with E-state index >= 15 is 0 Å². The van der Waals surface area contributed by atoms with Crippen LogP contribution in [0.15, 0.2) is 39.8 Å². The number of benzene rings is 1. The Morgan fingerprint density at radius 2 is 2.07 bits per heavy atom. The van der Waals surface area contributed by atoms with Crippen molar-refractivity contribution in [3.05, 3.63) is 51.6 Å². The number of pyridine rings is 1. The molecule has 29 heavy (non-hydrogen) atoms. The fourth-order valence-corrected chi connectivity index (χ4v) is 4.75. The molecule has 0 bridgehead atoms. The summed E-state index contributed by atoms with van der Waals surface area (Å²) in [7, 11) is 0. The molecule has 1 heterocycles. The van der Waals surface area contributed by atoms with E-state index in [1.165, 1.54) is 17.3 Å². The van der Waals surface area contributed by atoms with Crippen molar-refractivity contribution in [2.75, 3.05) is 11.1 Å². The molecule has 4 nitrogen and oxygen atoms in total. The summed E-state index contributed by atoms with van der Waals surface area (Å²) >= 11 is 4.87. The highest BCUT2D eigenvalue weighted by Crippen LogP contribution is 2.38. The zero-order chi connectivity index (χ0) is 21.0. The predicted molar refractivity (Wildman–Crippen MR) is 122 cm³/mol. The second kappa shape index (κ2) is 9.32. The van der Waals surface area contributed by atoms with Crippen molar-refractivity contribution in [2.45, 2.75) is 51.5 Å². The van der Waals surface area contributed by atoms with Gasteiger partial charge in [0.1, 0.15) is 11.1 Å². The third-order valence-electron chi connectivity index (χ3n) is 5.39. The van der Waals surface area contributed by atoms with E-state index in [2.05, 4.69) is 48.1 Å². The van der Waals surface area contributed by atoms with E-state index in [1.54, 1.807) is 0 Å². The first kappa shape index (κ1) is 21.9. The fraction of sp³-hybridized carbons (Fsp3) is 0.435. The average molecular weight is 472 g/mol. The van der Waals surface area contributed by atoms with Gasteiger partial charge < -0.3 is 5.32 Å². The zero-order valence-corrected chi connectivity index (χ0v) is 19.5. The predicted octanol–water partition coefficient (Wildman–Crippen LogP) is 5.99. The Balaban J connectivity index is 1.60. The molecule has 1 unspecified atom stereocenters. The van der Waals surface area contributed by atoms with Crippen LogP contribution in [-0.4, -0.2) is 16.6 Å². The summed E-state index contributed by atoms with van der Waals surface area (Å²) in [6, 6.07) is 11.8. The second-order valence-corrected chi connectivity index (χ2v) is 10.5. The Kier molecular flexibility index (Phi) is 7.02. The first-order valence-electron chi connectivity index (χ1n) is 9.87. The third-order valence-corrected chi connectivity index (χ3v) is 6.91. The smallest absolute Gasteiger partial charge is 0.225 e. The van der Waals surface area contributed by atoms with Crippen LogP contribution in [0.2, 0.25) is 0 Å². The van der Waals surface area contributed by atoms with Crippen molar-refractivity contribution in [1.82, 2.24) is 4.98 Å². The van der Waals surface area contributed by atoms with Crippen LogP contribution in [0, 0.1) is 22.7 Å². The number of nitriles is 1. The number of thioether (sulfide) groups is 1. The maximum atomic E-state index is 12.2. The Bertz CT molecular complexity index is 929. The number of aryl methyl sites for hydroxylation is 1. The third kappa shape index (κ3) is 5.83. The van der Waals surface area contributed by atoms with E-state index in [-0.39, 0.29) is 11.3 Å². The number of amides is 1. The quantitative estimate of drug-likeness (QED) is 0.543. The van der Waals surface area contributed by atoms with E-state index in [9.17, 15) is 10.1 Å². The van der Waals surface area contributed by atoms with Crippen molar-refractivity contribution < 1.29 is 4.79 Å². The van der Waals surface area contributed by atoms with Gasteiger partial charge in [-0.25, -0.2) is 4.98 Å². The lowest BCUT2D eigenvalue weighted by Gasteiger charge is -2.34. The standard InChI is InChI=1S/C23H26BrN3OS/c1-23(2,3)17-4-9-20-15(13-17)12-16(14-25)22(27-20)29-11-10-21(28)26-19-7-5-18(24)6-8-19/h5-8,12,17H,4,9-11,13H2,1-3H3,(H,26,28). The molecule has 0 saturated carbocycles. The van der Waals surface area contributed by atoms with Crippen molar-refractivity contribution in [1.29, 1.82) is 5.26 Å². The first-order chi connectivity index (χ1) is 13.8. The number of nitrogens with zero attached hydrogens (tertiary/aromatic N) is 2. The Morgan fingerprint density at radius 1 is 1.34 bits per heavy atom. The van der Waals surface area contributed by atoms with Crippen molar-refractivity contribution in [2.24, 2.45) is 11.3 Å². The molecule has 3 rings (SSSR count). The van der Waals surface area contributed by atoms with E-state index in [0.29, 0.717) is 23.7 Å². The van der Waals surface area contributed by atoms with Gasteiger partial charge in [0.25, 0.3) is 0 Å². The molecule has 1 aliphatic rings. The maximum Gasteiger partial charge on any atom is 0.225 e. The number of aromatic nitrogens is 1. The average Bonchev–Trinajstić information content (AvgIpc) is 2.68. The molecular formula is C23H26BrN3OS. The molecule has 0 saturated heterocycles. The molecule has 1 aromatic heterocycles. The lowest BCUT2D eigenvalue weighted by Crippen LogP contribution is -2.27. The normalized spacial score (nSPS) is 16.0. The van der Waals surface area contributed by atoms with Crippen LogP contribution in [0.5, 0.6) is 0 Å². The molecule has 1 aromatic carbocycles. The lowest BCUT2D eigenvalue weighted by atomic mass is 9.71. The molecule has 152 valence electrons. The van der Waals surface area contributed by atoms with E-state index in [0.717, 1.165) is 40.1 Å². The zero-order valence-electron chi connectivity index (χ0n) is 17.1. The largest absolute Gasteiger partial charge is 0.326 e. The van der Waals surface area contributed by atoms with Crippen LogP contribution in [0.1, 0.15) is 50.4 Å². The summed E-state index contributed by atoms with van der Waals surface area (Å²) < 4.78 is 0.974. The fourth-order valence-electron chi connectivity index (χ4n) is 3.57. The van der Waals surface area contributed by atoms with Crippen LogP contribution >= 0.6 is 27.7 Å². The molecule has 6 heteroatoms. The summed E-state index contributed by atoms with van der Waals surface area (Å²) in [6.45, 7) is 6.85. The Morgan fingerprint density at radius 3 is 2.72 bits per heavy atom. The molecular weight excluding hydrogens is 446 g/mol. The van der Waals surface area contributed by atoms with Crippen molar-refractivity contribution in [3.63, 3.8) is 0 Å². The minimum absolute atomic E-state index is 0.0377. The van der Waals surface area contributed by atoms with Gasteiger partial charge in [-0.15, -0.1) is 11.8 Å². The van der Waals surface area contributed by atoms with E-state index < -0.39 is 0 Å². The van der Waals surface area contributed by atoms with Crippen LogP contribution in [0.25, 0.3) is 0 Å². The monoisotopic (exact) mass is 471 g/mol. The number of rotatable bonds is 5. The number of nitrogens with one attached hydrogen (secondary N) is 1. The van der Waals surface area contributed by atoms with Crippen LogP contribution in [0.3, 0.4) is 0 Å². The number of hydrogen-bond acceptors (Lipinski definition) is 4. The number of carbonyl (C=O) groups is 1. The Labute approximate surface area is 185 Å². The SMILES string of the molecule is CC(C)(C)C1CCc2nc(SCCC(=O)Nc3ccc(Br)cc3)c(C#N)cc2C1.